The average Bonchev–Trinajstić information content (AvgIpc) is 3.25. The first kappa shape index (κ1) is 22.2. The summed E-state index contributed by atoms with van der Waals surface area (Å²) < 4.78 is 13.4. The Labute approximate surface area is 187 Å². The Morgan fingerprint density at radius 2 is 1.97 bits per heavy atom. The van der Waals surface area contributed by atoms with Crippen molar-refractivity contribution in [3.05, 3.63) is 36.0 Å². The van der Waals surface area contributed by atoms with Gasteiger partial charge in [0.15, 0.2) is 5.82 Å². The number of anilines is 2. The van der Waals surface area contributed by atoms with Crippen LogP contribution in [0.1, 0.15) is 74.6 Å². The minimum Gasteiger partial charge on any atom is -0.345 e. The number of nitrogens with one attached hydrogen (secondary N) is 4. The van der Waals surface area contributed by atoms with Crippen molar-refractivity contribution in [2.75, 3.05) is 5.32 Å². The highest BCUT2D eigenvalue weighted by Gasteiger charge is 2.38. The Kier molecular flexibility index (Phi) is 7.00. The summed E-state index contributed by atoms with van der Waals surface area (Å²) >= 11 is 0. The van der Waals surface area contributed by atoms with E-state index in [9.17, 15) is 14.4 Å². The van der Waals surface area contributed by atoms with Crippen LogP contribution < -0.4 is 16.0 Å². The summed E-state index contributed by atoms with van der Waals surface area (Å²) in [5, 5.41) is 26.1. The smallest absolute Gasteiger partial charge is 0.257 e. The van der Waals surface area contributed by atoms with Crippen LogP contribution in [-0.2, 0) is 0 Å². The zero-order chi connectivity index (χ0) is 22.4. The second-order valence-corrected chi connectivity index (χ2v) is 8.98. The van der Waals surface area contributed by atoms with Gasteiger partial charge in [-0.1, -0.05) is 19.3 Å². The molecule has 0 unspecified atom stereocenters. The third-order valence-corrected chi connectivity index (χ3v) is 6.69. The minimum atomic E-state index is -0.622. The lowest BCUT2D eigenvalue weighted by atomic mass is 9.77. The standard InChI is InChI=1S/C23H30FN7O/c24-20-14-18(8-13-26-20)29-21-19(15-27-31-21)22(32)30-23(11-12-25)9-6-17(7-10-23)28-16-4-2-1-3-5-16/h8,13-17,28H,1-7,9-11H2,(H,30,32)(H2,26,27,29,31). The van der Waals surface area contributed by atoms with Crippen LogP contribution >= 0.6 is 0 Å². The lowest BCUT2D eigenvalue weighted by Gasteiger charge is -2.41. The van der Waals surface area contributed by atoms with Crippen LogP contribution in [0.3, 0.4) is 0 Å². The second-order valence-electron chi connectivity index (χ2n) is 8.98. The van der Waals surface area contributed by atoms with Crippen LogP contribution in [0.4, 0.5) is 15.9 Å². The molecule has 2 fully saturated rings. The van der Waals surface area contributed by atoms with Gasteiger partial charge in [0.2, 0.25) is 5.95 Å². The summed E-state index contributed by atoms with van der Waals surface area (Å²) in [6, 6.07) is 6.13. The summed E-state index contributed by atoms with van der Waals surface area (Å²) in [7, 11) is 0. The van der Waals surface area contributed by atoms with Crippen LogP contribution in [0.5, 0.6) is 0 Å². The van der Waals surface area contributed by atoms with Gasteiger partial charge >= 0.3 is 0 Å². The number of aromatic amines is 1. The van der Waals surface area contributed by atoms with E-state index in [1.54, 1.807) is 6.07 Å². The molecule has 2 aromatic rings. The molecule has 170 valence electrons. The highest BCUT2D eigenvalue weighted by Crippen LogP contribution is 2.33. The lowest BCUT2D eigenvalue weighted by Crippen LogP contribution is -2.53. The average molecular weight is 440 g/mol. The monoisotopic (exact) mass is 439 g/mol. The molecule has 2 aromatic heterocycles. The van der Waals surface area contributed by atoms with Gasteiger partial charge in [-0.05, 0) is 44.6 Å². The van der Waals surface area contributed by atoms with E-state index >= 15 is 0 Å². The molecular weight excluding hydrogens is 409 g/mol. The van der Waals surface area contributed by atoms with Crippen molar-refractivity contribution in [1.82, 2.24) is 25.8 Å². The van der Waals surface area contributed by atoms with Crippen LogP contribution in [0.15, 0.2) is 24.5 Å². The first-order valence-corrected chi connectivity index (χ1v) is 11.4. The van der Waals surface area contributed by atoms with Crippen LogP contribution in [0, 0.1) is 17.3 Å². The molecule has 1 amide bonds. The number of nitrogens with zero attached hydrogens (tertiary/aromatic N) is 3. The van der Waals surface area contributed by atoms with E-state index in [0.29, 0.717) is 29.2 Å². The molecule has 9 heteroatoms. The zero-order valence-electron chi connectivity index (χ0n) is 18.2. The summed E-state index contributed by atoms with van der Waals surface area (Å²) in [5.41, 5.74) is 0.218. The summed E-state index contributed by atoms with van der Waals surface area (Å²) in [6.07, 6.45) is 12.9. The predicted molar refractivity (Wildman–Crippen MR) is 119 cm³/mol. The molecule has 2 heterocycles. The van der Waals surface area contributed by atoms with Crippen LogP contribution in [-0.4, -0.2) is 38.7 Å². The van der Waals surface area contributed by atoms with E-state index < -0.39 is 11.5 Å². The Balaban J connectivity index is 1.39. The van der Waals surface area contributed by atoms with Gasteiger partial charge in [0.25, 0.3) is 5.91 Å². The number of aromatic nitrogens is 3. The number of nitriles is 1. The van der Waals surface area contributed by atoms with E-state index in [1.807, 2.05) is 0 Å². The van der Waals surface area contributed by atoms with Gasteiger partial charge in [-0.2, -0.15) is 14.8 Å². The first-order valence-electron chi connectivity index (χ1n) is 11.4. The maximum atomic E-state index is 13.4. The van der Waals surface area contributed by atoms with E-state index in [2.05, 4.69) is 37.2 Å². The number of carbonyl (C=O) groups is 1. The van der Waals surface area contributed by atoms with Gasteiger partial charge < -0.3 is 16.0 Å². The van der Waals surface area contributed by atoms with Crippen LogP contribution in [0.25, 0.3) is 0 Å². The highest BCUT2D eigenvalue weighted by molar-refractivity contribution is 5.99. The number of pyridine rings is 1. The predicted octanol–water partition coefficient (Wildman–Crippen LogP) is 3.93. The molecule has 32 heavy (non-hydrogen) atoms. The normalized spacial score (nSPS) is 23.9. The molecule has 0 aliphatic heterocycles. The number of hydrogen-bond donors (Lipinski definition) is 4. The number of H-pyrrole nitrogens is 1. The fourth-order valence-corrected chi connectivity index (χ4v) is 4.92. The molecule has 4 N–H and O–H groups in total. The molecule has 0 atom stereocenters. The molecule has 2 aliphatic rings. The number of amides is 1. The van der Waals surface area contributed by atoms with Crippen molar-refractivity contribution >= 4 is 17.4 Å². The Morgan fingerprint density at radius 1 is 1.22 bits per heavy atom. The molecule has 0 saturated heterocycles. The van der Waals surface area contributed by atoms with Gasteiger partial charge in [0.05, 0.1) is 18.0 Å². The Hall–Kier alpha value is -2.99. The first-order chi connectivity index (χ1) is 15.6. The second kappa shape index (κ2) is 10.1. The molecule has 0 spiro atoms. The molecular formula is C23H30FN7O. The third kappa shape index (κ3) is 5.43. The zero-order valence-corrected chi connectivity index (χ0v) is 18.2. The van der Waals surface area contributed by atoms with E-state index in [4.69, 9.17) is 0 Å². The number of halogens is 1. The van der Waals surface area contributed by atoms with Crippen molar-refractivity contribution in [2.24, 2.45) is 0 Å². The Morgan fingerprint density at radius 3 is 2.69 bits per heavy atom. The van der Waals surface area contributed by atoms with Gasteiger partial charge in [0, 0.05) is 36.2 Å². The largest absolute Gasteiger partial charge is 0.345 e. The lowest BCUT2D eigenvalue weighted by molar-refractivity contribution is 0.0858. The van der Waals surface area contributed by atoms with E-state index in [1.165, 1.54) is 50.6 Å². The maximum Gasteiger partial charge on any atom is 0.257 e. The molecule has 0 aromatic carbocycles. The van der Waals surface area contributed by atoms with Gasteiger partial charge in [0.1, 0.15) is 5.56 Å². The summed E-state index contributed by atoms with van der Waals surface area (Å²) in [6.45, 7) is 0. The molecule has 2 aliphatic carbocycles. The Bertz CT molecular complexity index is 955. The molecule has 4 rings (SSSR count). The van der Waals surface area contributed by atoms with Crippen molar-refractivity contribution in [1.29, 1.82) is 5.26 Å². The summed E-state index contributed by atoms with van der Waals surface area (Å²) in [4.78, 5) is 16.6. The third-order valence-electron chi connectivity index (χ3n) is 6.69. The maximum absolute atomic E-state index is 13.4. The highest BCUT2D eigenvalue weighted by atomic mass is 19.1. The van der Waals surface area contributed by atoms with E-state index in [-0.39, 0.29) is 12.3 Å². The molecule has 0 bridgehead atoms. The van der Waals surface area contributed by atoms with Gasteiger partial charge in [-0.15, -0.1) is 0 Å². The van der Waals surface area contributed by atoms with Crippen molar-refractivity contribution < 1.29 is 9.18 Å². The summed E-state index contributed by atoms with van der Waals surface area (Å²) in [5.74, 6) is -0.624. The van der Waals surface area contributed by atoms with Gasteiger partial charge in [-0.3, -0.25) is 9.89 Å². The van der Waals surface area contributed by atoms with Crippen LogP contribution in [0.2, 0.25) is 0 Å². The van der Waals surface area contributed by atoms with Crippen molar-refractivity contribution in [3.63, 3.8) is 0 Å². The topological polar surface area (TPSA) is 119 Å². The number of hydrogen-bond acceptors (Lipinski definition) is 6. The fraction of sp³-hybridized carbons (Fsp3) is 0.565. The number of carbonyl (C=O) groups excluding carboxylic acids is 1. The van der Waals surface area contributed by atoms with E-state index in [0.717, 1.165) is 25.7 Å². The SMILES string of the molecule is N#CCC1(NC(=O)c2c[nH]nc2Nc2ccnc(F)c2)CCC(NC2CCCCC2)CC1. The molecule has 8 nitrogen and oxygen atoms in total. The number of rotatable bonds is 7. The van der Waals surface area contributed by atoms with Crippen molar-refractivity contribution in [3.8, 4) is 6.07 Å². The quantitative estimate of drug-likeness (QED) is 0.486. The van der Waals surface area contributed by atoms with Crippen molar-refractivity contribution in [2.45, 2.75) is 81.8 Å². The molecule has 0 radical (unpaired) electrons. The molecule has 2 saturated carbocycles. The van der Waals surface area contributed by atoms with Gasteiger partial charge in [-0.25, -0.2) is 4.98 Å². The fourth-order valence-electron chi connectivity index (χ4n) is 4.92. The minimum absolute atomic E-state index is 0.269.